The normalized spacial score (nSPS) is 10.3. The summed E-state index contributed by atoms with van der Waals surface area (Å²) in [6.07, 6.45) is 0.536. The van der Waals surface area contributed by atoms with Gasteiger partial charge >= 0.3 is 0 Å². The SMILES string of the molecule is Cc1ccc(NCCC(=O)c2cccs2)c(C)c1. The molecule has 1 aromatic heterocycles. The fourth-order valence-electron chi connectivity index (χ4n) is 1.88. The molecule has 18 heavy (non-hydrogen) atoms. The molecule has 0 amide bonds. The van der Waals surface area contributed by atoms with Crippen LogP contribution in [0.1, 0.15) is 27.2 Å². The van der Waals surface area contributed by atoms with Crippen molar-refractivity contribution in [2.24, 2.45) is 0 Å². The summed E-state index contributed by atoms with van der Waals surface area (Å²) in [6.45, 7) is 4.84. The Morgan fingerprint density at radius 2 is 2.11 bits per heavy atom. The van der Waals surface area contributed by atoms with Crippen molar-refractivity contribution < 1.29 is 4.79 Å². The highest BCUT2D eigenvalue weighted by molar-refractivity contribution is 7.12. The summed E-state index contributed by atoms with van der Waals surface area (Å²) in [5, 5.41) is 5.25. The molecular weight excluding hydrogens is 242 g/mol. The molecule has 94 valence electrons. The number of thiophene rings is 1. The van der Waals surface area contributed by atoms with E-state index in [1.165, 1.54) is 22.5 Å². The van der Waals surface area contributed by atoms with Crippen LogP contribution in [0.15, 0.2) is 35.7 Å². The van der Waals surface area contributed by atoms with Crippen LogP contribution in [0.3, 0.4) is 0 Å². The zero-order valence-corrected chi connectivity index (χ0v) is 11.5. The molecule has 0 spiro atoms. The van der Waals surface area contributed by atoms with Crippen molar-refractivity contribution in [1.82, 2.24) is 0 Å². The molecule has 1 N–H and O–H groups in total. The van der Waals surface area contributed by atoms with Crippen molar-refractivity contribution in [1.29, 1.82) is 0 Å². The molecule has 0 radical (unpaired) electrons. The molecular formula is C15H17NOS. The number of hydrogen-bond donors (Lipinski definition) is 1. The molecule has 0 atom stereocenters. The molecule has 0 fully saturated rings. The third-order valence-corrected chi connectivity index (χ3v) is 3.76. The zero-order valence-electron chi connectivity index (χ0n) is 10.7. The van der Waals surface area contributed by atoms with E-state index in [4.69, 9.17) is 0 Å². The number of rotatable bonds is 5. The number of aryl methyl sites for hydroxylation is 2. The molecule has 2 aromatic rings. The lowest BCUT2D eigenvalue weighted by atomic mass is 10.1. The number of benzene rings is 1. The Hall–Kier alpha value is -1.61. The Morgan fingerprint density at radius 1 is 1.28 bits per heavy atom. The van der Waals surface area contributed by atoms with Crippen molar-refractivity contribution in [2.45, 2.75) is 20.3 Å². The van der Waals surface area contributed by atoms with E-state index in [-0.39, 0.29) is 5.78 Å². The number of hydrogen-bond acceptors (Lipinski definition) is 3. The minimum absolute atomic E-state index is 0.210. The van der Waals surface area contributed by atoms with Crippen molar-refractivity contribution in [2.75, 3.05) is 11.9 Å². The third-order valence-electron chi connectivity index (χ3n) is 2.85. The van der Waals surface area contributed by atoms with Gasteiger partial charge in [-0.05, 0) is 36.9 Å². The third kappa shape index (κ3) is 3.20. The Labute approximate surface area is 112 Å². The molecule has 0 aliphatic rings. The van der Waals surface area contributed by atoms with Crippen LogP contribution in [0, 0.1) is 13.8 Å². The van der Waals surface area contributed by atoms with Gasteiger partial charge in [0.2, 0.25) is 0 Å². The first kappa shape index (κ1) is 12.8. The highest BCUT2D eigenvalue weighted by atomic mass is 32.1. The predicted octanol–water partition coefficient (Wildman–Crippen LogP) is 4.05. The van der Waals surface area contributed by atoms with Crippen molar-refractivity contribution in [3.05, 3.63) is 51.7 Å². The second-order valence-corrected chi connectivity index (χ2v) is 5.34. The second kappa shape index (κ2) is 5.83. The molecule has 0 saturated carbocycles. The summed E-state index contributed by atoms with van der Waals surface area (Å²) in [7, 11) is 0. The number of carbonyl (C=O) groups is 1. The van der Waals surface area contributed by atoms with E-state index < -0.39 is 0 Å². The molecule has 0 aliphatic heterocycles. The number of ketones is 1. The first-order valence-corrected chi connectivity index (χ1v) is 6.92. The quantitative estimate of drug-likeness (QED) is 0.821. The molecule has 2 rings (SSSR count). The van der Waals surface area contributed by atoms with Gasteiger partial charge in [-0.3, -0.25) is 4.79 Å². The topological polar surface area (TPSA) is 29.1 Å². The van der Waals surface area contributed by atoms with E-state index in [0.717, 1.165) is 10.6 Å². The van der Waals surface area contributed by atoms with Gasteiger partial charge in [0.05, 0.1) is 4.88 Å². The maximum atomic E-state index is 11.8. The molecule has 1 heterocycles. The maximum absolute atomic E-state index is 11.8. The summed E-state index contributed by atoms with van der Waals surface area (Å²) < 4.78 is 0. The van der Waals surface area contributed by atoms with Gasteiger partial charge in [0.15, 0.2) is 5.78 Å². The number of nitrogens with one attached hydrogen (secondary N) is 1. The van der Waals surface area contributed by atoms with Gasteiger partial charge in [-0.15, -0.1) is 11.3 Å². The van der Waals surface area contributed by atoms with Crippen molar-refractivity contribution in [3.8, 4) is 0 Å². The van der Waals surface area contributed by atoms with Gasteiger partial charge in [0.25, 0.3) is 0 Å². The Morgan fingerprint density at radius 3 is 2.78 bits per heavy atom. The first-order valence-electron chi connectivity index (χ1n) is 6.04. The number of carbonyl (C=O) groups excluding carboxylic acids is 1. The second-order valence-electron chi connectivity index (χ2n) is 4.40. The Kier molecular flexibility index (Phi) is 4.15. The van der Waals surface area contributed by atoms with Gasteiger partial charge in [0.1, 0.15) is 0 Å². The van der Waals surface area contributed by atoms with Crippen LogP contribution in [-0.4, -0.2) is 12.3 Å². The Balaban J connectivity index is 1.87. The summed E-state index contributed by atoms with van der Waals surface area (Å²) in [6, 6.07) is 10.1. The lowest BCUT2D eigenvalue weighted by Crippen LogP contribution is -2.08. The van der Waals surface area contributed by atoms with Gasteiger partial charge in [-0.25, -0.2) is 0 Å². The fourth-order valence-corrected chi connectivity index (χ4v) is 2.58. The first-order chi connectivity index (χ1) is 8.66. The van der Waals surface area contributed by atoms with E-state index >= 15 is 0 Å². The molecule has 1 aromatic carbocycles. The van der Waals surface area contributed by atoms with Crippen LogP contribution in [0.5, 0.6) is 0 Å². The van der Waals surface area contributed by atoms with Crippen molar-refractivity contribution in [3.63, 3.8) is 0 Å². The van der Waals surface area contributed by atoms with Crippen molar-refractivity contribution >= 4 is 22.8 Å². The van der Waals surface area contributed by atoms with Crippen LogP contribution in [-0.2, 0) is 0 Å². The highest BCUT2D eigenvalue weighted by Crippen LogP contribution is 2.16. The molecule has 3 heteroatoms. The molecule has 2 nitrogen and oxygen atoms in total. The minimum Gasteiger partial charge on any atom is -0.384 e. The summed E-state index contributed by atoms with van der Waals surface area (Å²) in [4.78, 5) is 12.7. The molecule has 0 aliphatic carbocycles. The van der Waals surface area contributed by atoms with Gasteiger partial charge < -0.3 is 5.32 Å². The van der Waals surface area contributed by atoms with E-state index in [1.54, 1.807) is 0 Å². The van der Waals surface area contributed by atoms with E-state index in [0.29, 0.717) is 13.0 Å². The van der Waals surface area contributed by atoms with Crippen LogP contribution >= 0.6 is 11.3 Å². The van der Waals surface area contributed by atoms with E-state index in [2.05, 4.69) is 37.4 Å². The highest BCUT2D eigenvalue weighted by Gasteiger charge is 2.06. The van der Waals surface area contributed by atoms with E-state index in [9.17, 15) is 4.79 Å². The average Bonchev–Trinajstić information content (AvgIpc) is 2.85. The zero-order chi connectivity index (χ0) is 13.0. The van der Waals surface area contributed by atoms with Crippen LogP contribution in [0.25, 0.3) is 0 Å². The smallest absolute Gasteiger partial charge is 0.174 e. The summed E-state index contributed by atoms with van der Waals surface area (Å²) in [5.74, 6) is 0.210. The van der Waals surface area contributed by atoms with Crippen LogP contribution in [0.2, 0.25) is 0 Å². The van der Waals surface area contributed by atoms with Gasteiger partial charge in [-0.1, -0.05) is 23.8 Å². The fraction of sp³-hybridized carbons (Fsp3) is 0.267. The molecule has 0 bridgehead atoms. The monoisotopic (exact) mass is 259 g/mol. The molecule has 0 unspecified atom stereocenters. The summed E-state index contributed by atoms with van der Waals surface area (Å²) in [5.41, 5.74) is 3.59. The standard InChI is InChI=1S/C15H17NOS/c1-11-5-6-13(12(2)10-11)16-8-7-14(17)15-4-3-9-18-15/h3-6,9-10,16H,7-8H2,1-2H3. The van der Waals surface area contributed by atoms with E-state index in [1.807, 2.05) is 17.5 Å². The average molecular weight is 259 g/mol. The lowest BCUT2D eigenvalue weighted by molar-refractivity contribution is 0.0990. The van der Waals surface area contributed by atoms with Gasteiger partial charge in [0, 0.05) is 18.7 Å². The lowest BCUT2D eigenvalue weighted by Gasteiger charge is -2.09. The van der Waals surface area contributed by atoms with Gasteiger partial charge in [-0.2, -0.15) is 0 Å². The molecule has 0 saturated heterocycles. The largest absolute Gasteiger partial charge is 0.384 e. The predicted molar refractivity (Wildman–Crippen MR) is 77.7 cm³/mol. The minimum atomic E-state index is 0.210. The number of anilines is 1. The maximum Gasteiger partial charge on any atom is 0.174 e. The van der Waals surface area contributed by atoms with Crippen LogP contribution in [0.4, 0.5) is 5.69 Å². The summed E-state index contributed by atoms with van der Waals surface area (Å²) >= 11 is 1.51. The number of Topliss-reactive ketones (excluding diaryl/α,β-unsaturated/α-hetero) is 1. The Bertz CT molecular complexity index is 531. The van der Waals surface area contributed by atoms with Crippen LogP contribution < -0.4 is 5.32 Å².